The first-order chi connectivity index (χ1) is 10.8. The summed E-state index contributed by atoms with van der Waals surface area (Å²) in [5.74, 6) is 0.635. The zero-order valence-corrected chi connectivity index (χ0v) is 13.0. The maximum Gasteiger partial charge on any atom is 0.443 e. The number of methoxy groups -OCH3 is 1. The van der Waals surface area contributed by atoms with E-state index in [2.05, 4.69) is 9.97 Å². The number of aromatic nitrogens is 2. The molecule has 0 amide bonds. The summed E-state index contributed by atoms with van der Waals surface area (Å²) in [6, 6.07) is 5.08. The molecule has 0 unspecified atom stereocenters. The standard InChI is InChI=1S/C15H12F3N3OS/c1-7-12(22-2)4-3-8-9(19)5-10(20-13(7)8)11-6-23-14(21-11)15(16,17)18/h3-6H,1-2H3,(H2,19,20). The Morgan fingerprint density at radius 1 is 1.17 bits per heavy atom. The molecule has 0 aliphatic rings. The van der Waals surface area contributed by atoms with E-state index in [0.29, 0.717) is 34.0 Å². The summed E-state index contributed by atoms with van der Waals surface area (Å²) in [4.78, 5) is 8.04. The van der Waals surface area contributed by atoms with Crippen LogP contribution in [0.25, 0.3) is 22.3 Å². The SMILES string of the molecule is COc1ccc2c(N)cc(-c3csc(C(F)(F)F)n3)nc2c1C. The Bertz CT molecular complexity index is 890. The van der Waals surface area contributed by atoms with E-state index < -0.39 is 11.2 Å². The smallest absolute Gasteiger partial charge is 0.443 e. The fraction of sp³-hybridized carbons (Fsp3) is 0.200. The Labute approximate surface area is 133 Å². The number of alkyl halides is 3. The molecule has 0 atom stereocenters. The topological polar surface area (TPSA) is 61.0 Å². The minimum absolute atomic E-state index is 0.151. The molecule has 0 spiro atoms. The number of nitrogens with two attached hydrogens (primary N) is 1. The number of thiazole rings is 1. The van der Waals surface area contributed by atoms with Crippen molar-refractivity contribution in [2.24, 2.45) is 0 Å². The zero-order chi connectivity index (χ0) is 16.8. The van der Waals surface area contributed by atoms with Gasteiger partial charge >= 0.3 is 6.18 Å². The molecule has 4 nitrogen and oxygen atoms in total. The fourth-order valence-electron chi connectivity index (χ4n) is 2.31. The molecular formula is C15H12F3N3OS. The van der Waals surface area contributed by atoms with Gasteiger partial charge in [-0.25, -0.2) is 9.97 Å². The molecule has 23 heavy (non-hydrogen) atoms. The van der Waals surface area contributed by atoms with Gasteiger partial charge in [-0.3, -0.25) is 0 Å². The lowest BCUT2D eigenvalue weighted by Crippen LogP contribution is -2.04. The Morgan fingerprint density at radius 2 is 1.91 bits per heavy atom. The van der Waals surface area contributed by atoms with Gasteiger partial charge < -0.3 is 10.5 Å². The monoisotopic (exact) mass is 339 g/mol. The number of halogens is 3. The van der Waals surface area contributed by atoms with Gasteiger partial charge in [-0.1, -0.05) is 0 Å². The maximum absolute atomic E-state index is 12.7. The van der Waals surface area contributed by atoms with Crippen molar-refractivity contribution < 1.29 is 17.9 Å². The van der Waals surface area contributed by atoms with Crippen molar-refractivity contribution in [3.05, 3.63) is 34.2 Å². The van der Waals surface area contributed by atoms with Crippen molar-refractivity contribution in [2.75, 3.05) is 12.8 Å². The predicted molar refractivity (Wildman–Crippen MR) is 83.6 cm³/mol. The highest BCUT2D eigenvalue weighted by atomic mass is 32.1. The van der Waals surface area contributed by atoms with Gasteiger partial charge in [0.1, 0.15) is 11.4 Å². The molecule has 0 saturated carbocycles. The number of anilines is 1. The van der Waals surface area contributed by atoms with E-state index >= 15 is 0 Å². The van der Waals surface area contributed by atoms with Crippen LogP contribution in [0, 0.1) is 6.92 Å². The molecule has 0 saturated heterocycles. The summed E-state index contributed by atoms with van der Waals surface area (Å²) in [5, 5.41) is 1.14. The molecule has 3 aromatic rings. The van der Waals surface area contributed by atoms with Gasteiger partial charge in [0.05, 0.1) is 18.3 Å². The van der Waals surface area contributed by atoms with Crippen molar-refractivity contribution in [1.82, 2.24) is 9.97 Å². The molecule has 1 aromatic carbocycles. The summed E-state index contributed by atoms with van der Waals surface area (Å²) in [7, 11) is 1.54. The molecular weight excluding hydrogens is 327 g/mol. The second-order valence-corrected chi connectivity index (χ2v) is 5.78. The Kier molecular flexibility index (Phi) is 3.63. The second kappa shape index (κ2) is 5.38. The molecule has 0 aliphatic carbocycles. The molecule has 8 heteroatoms. The normalized spacial score (nSPS) is 11.9. The Hall–Kier alpha value is -2.35. The lowest BCUT2D eigenvalue weighted by Gasteiger charge is -2.10. The first-order valence-corrected chi connectivity index (χ1v) is 7.46. The number of rotatable bonds is 2. The maximum atomic E-state index is 12.7. The minimum atomic E-state index is -4.47. The van der Waals surface area contributed by atoms with Gasteiger partial charge in [-0.2, -0.15) is 13.2 Å². The number of benzene rings is 1. The molecule has 0 radical (unpaired) electrons. The predicted octanol–water partition coefficient (Wildman–Crippen LogP) is 4.28. The highest BCUT2D eigenvalue weighted by Gasteiger charge is 2.34. The summed E-state index contributed by atoms with van der Waals surface area (Å²) in [5.41, 5.74) is 8.26. The van der Waals surface area contributed by atoms with Crippen LogP contribution in [0.3, 0.4) is 0 Å². The van der Waals surface area contributed by atoms with Gasteiger partial charge in [-0.05, 0) is 25.1 Å². The molecule has 0 fully saturated rings. The van der Waals surface area contributed by atoms with E-state index in [1.807, 2.05) is 6.92 Å². The fourth-order valence-corrected chi connectivity index (χ4v) is 2.99. The molecule has 3 rings (SSSR count). The summed E-state index contributed by atoms with van der Waals surface area (Å²) in [6.07, 6.45) is -4.47. The quantitative estimate of drug-likeness (QED) is 0.757. The summed E-state index contributed by atoms with van der Waals surface area (Å²) >= 11 is 0.533. The van der Waals surface area contributed by atoms with Crippen molar-refractivity contribution >= 4 is 27.9 Å². The van der Waals surface area contributed by atoms with E-state index in [-0.39, 0.29) is 5.69 Å². The first kappa shape index (κ1) is 15.5. The summed E-state index contributed by atoms with van der Waals surface area (Å²) < 4.78 is 43.3. The number of hydrogen-bond acceptors (Lipinski definition) is 5. The molecule has 2 heterocycles. The van der Waals surface area contributed by atoms with Crippen molar-refractivity contribution in [2.45, 2.75) is 13.1 Å². The van der Waals surface area contributed by atoms with Crippen LogP contribution < -0.4 is 10.5 Å². The third-order valence-corrected chi connectivity index (χ3v) is 4.33. The zero-order valence-electron chi connectivity index (χ0n) is 12.2. The minimum Gasteiger partial charge on any atom is -0.496 e. The van der Waals surface area contributed by atoms with Crippen LogP contribution in [-0.4, -0.2) is 17.1 Å². The van der Waals surface area contributed by atoms with Gasteiger partial charge in [0.15, 0.2) is 5.01 Å². The Morgan fingerprint density at radius 3 is 2.52 bits per heavy atom. The van der Waals surface area contributed by atoms with Crippen LogP contribution in [0.5, 0.6) is 5.75 Å². The van der Waals surface area contributed by atoms with Crippen LogP contribution in [0.15, 0.2) is 23.6 Å². The largest absolute Gasteiger partial charge is 0.496 e. The van der Waals surface area contributed by atoms with Gasteiger partial charge in [-0.15, -0.1) is 11.3 Å². The lowest BCUT2D eigenvalue weighted by molar-refractivity contribution is -0.137. The second-order valence-electron chi connectivity index (χ2n) is 4.92. The number of pyridine rings is 1. The van der Waals surface area contributed by atoms with E-state index in [0.717, 1.165) is 10.9 Å². The first-order valence-electron chi connectivity index (χ1n) is 6.58. The van der Waals surface area contributed by atoms with E-state index in [1.165, 1.54) is 18.6 Å². The molecule has 2 N–H and O–H groups in total. The number of hydrogen-bond donors (Lipinski definition) is 1. The van der Waals surface area contributed by atoms with Crippen molar-refractivity contribution in [3.8, 4) is 17.1 Å². The van der Waals surface area contributed by atoms with Gasteiger partial charge in [0, 0.05) is 22.0 Å². The van der Waals surface area contributed by atoms with Crippen LogP contribution >= 0.6 is 11.3 Å². The van der Waals surface area contributed by atoms with Gasteiger partial charge in [0.2, 0.25) is 0 Å². The molecule has 0 aliphatic heterocycles. The molecule has 2 aromatic heterocycles. The van der Waals surface area contributed by atoms with Crippen LogP contribution in [-0.2, 0) is 6.18 Å². The van der Waals surface area contributed by atoms with E-state index in [9.17, 15) is 13.2 Å². The lowest BCUT2D eigenvalue weighted by atomic mass is 10.1. The number of nitrogens with zero attached hydrogens (tertiary/aromatic N) is 2. The van der Waals surface area contributed by atoms with Crippen molar-refractivity contribution in [1.29, 1.82) is 0 Å². The highest BCUT2D eigenvalue weighted by Crippen LogP contribution is 2.36. The van der Waals surface area contributed by atoms with E-state index in [4.69, 9.17) is 10.5 Å². The molecule has 120 valence electrons. The van der Waals surface area contributed by atoms with Crippen LogP contribution in [0.4, 0.5) is 18.9 Å². The third kappa shape index (κ3) is 2.70. The van der Waals surface area contributed by atoms with E-state index in [1.54, 1.807) is 12.1 Å². The Balaban J connectivity index is 2.19. The number of fused-ring (bicyclic) bond motifs is 1. The van der Waals surface area contributed by atoms with Crippen LogP contribution in [0.2, 0.25) is 0 Å². The molecule has 0 bridgehead atoms. The highest BCUT2D eigenvalue weighted by molar-refractivity contribution is 7.10. The average molecular weight is 339 g/mol. The average Bonchev–Trinajstić information content (AvgIpc) is 2.98. The summed E-state index contributed by atoms with van der Waals surface area (Å²) in [6.45, 7) is 1.82. The number of ether oxygens (including phenoxy) is 1. The number of aryl methyl sites for hydroxylation is 1. The van der Waals surface area contributed by atoms with Crippen molar-refractivity contribution in [3.63, 3.8) is 0 Å². The van der Waals surface area contributed by atoms with Gasteiger partial charge in [0.25, 0.3) is 0 Å². The third-order valence-electron chi connectivity index (χ3n) is 3.45. The number of nitrogen functional groups attached to an aromatic ring is 1. The van der Waals surface area contributed by atoms with Crippen LogP contribution in [0.1, 0.15) is 10.6 Å².